The van der Waals surface area contributed by atoms with Crippen LogP contribution in [0, 0.1) is 11.6 Å². The van der Waals surface area contributed by atoms with Crippen molar-refractivity contribution in [3.05, 3.63) is 35.4 Å². The zero-order chi connectivity index (χ0) is 13.5. The highest BCUT2D eigenvalue weighted by Crippen LogP contribution is 2.13. The molecule has 0 aliphatic rings. The van der Waals surface area contributed by atoms with Gasteiger partial charge in [-0.25, -0.2) is 8.78 Å². The van der Waals surface area contributed by atoms with Crippen LogP contribution in [0.5, 0.6) is 0 Å². The van der Waals surface area contributed by atoms with E-state index in [2.05, 4.69) is 0 Å². The summed E-state index contributed by atoms with van der Waals surface area (Å²) in [5.74, 6) is -2.56. The lowest BCUT2D eigenvalue weighted by Crippen LogP contribution is -2.36. The molecule has 0 bridgehead atoms. The second-order valence-electron chi connectivity index (χ2n) is 3.58. The number of carbonyl (C=O) groups is 1. The van der Waals surface area contributed by atoms with Crippen LogP contribution < -0.4 is 0 Å². The lowest BCUT2D eigenvalue weighted by molar-refractivity contribution is 0.0702. The molecular formula is C12H14ClF2NO2. The third-order valence-corrected chi connectivity index (χ3v) is 2.56. The Kier molecular flexibility index (Phi) is 6.01. The molecule has 0 radical (unpaired) electrons. The van der Waals surface area contributed by atoms with Crippen LogP contribution in [0.3, 0.4) is 0 Å². The first-order valence-electron chi connectivity index (χ1n) is 5.40. The third kappa shape index (κ3) is 3.65. The van der Waals surface area contributed by atoms with Crippen LogP contribution in [-0.2, 0) is 4.74 Å². The van der Waals surface area contributed by atoms with Crippen LogP contribution in [0.4, 0.5) is 8.78 Å². The molecule has 0 atom stereocenters. The minimum Gasteiger partial charge on any atom is -0.383 e. The summed E-state index contributed by atoms with van der Waals surface area (Å²) in [5.41, 5.74) is -0.295. The second kappa shape index (κ2) is 7.28. The summed E-state index contributed by atoms with van der Waals surface area (Å²) in [6.07, 6.45) is 0. The van der Waals surface area contributed by atoms with E-state index >= 15 is 0 Å². The van der Waals surface area contributed by atoms with Gasteiger partial charge in [0.2, 0.25) is 0 Å². The maximum atomic E-state index is 13.5. The summed E-state index contributed by atoms with van der Waals surface area (Å²) >= 11 is 5.58. The predicted molar refractivity (Wildman–Crippen MR) is 64.9 cm³/mol. The maximum Gasteiger partial charge on any atom is 0.257 e. The number of ether oxygens (including phenoxy) is 1. The number of amides is 1. The molecule has 1 aromatic rings. The van der Waals surface area contributed by atoms with Gasteiger partial charge in [-0.3, -0.25) is 4.79 Å². The molecule has 0 heterocycles. The quantitative estimate of drug-likeness (QED) is 0.747. The Balaban J connectivity index is 2.90. The fourth-order valence-corrected chi connectivity index (χ4v) is 1.66. The van der Waals surface area contributed by atoms with Gasteiger partial charge < -0.3 is 9.64 Å². The summed E-state index contributed by atoms with van der Waals surface area (Å²) in [5, 5.41) is 0. The molecule has 3 nitrogen and oxygen atoms in total. The van der Waals surface area contributed by atoms with E-state index in [1.54, 1.807) is 0 Å². The molecular weight excluding hydrogens is 264 g/mol. The van der Waals surface area contributed by atoms with Crippen molar-refractivity contribution in [2.24, 2.45) is 0 Å². The van der Waals surface area contributed by atoms with Gasteiger partial charge in [0, 0.05) is 26.1 Å². The number of hydrogen-bond acceptors (Lipinski definition) is 2. The molecule has 100 valence electrons. The Morgan fingerprint density at radius 2 is 2.11 bits per heavy atom. The van der Waals surface area contributed by atoms with Crippen LogP contribution >= 0.6 is 11.6 Å². The van der Waals surface area contributed by atoms with Crippen LogP contribution in [0.25, 0.3) is 0 Å². The number of hydrogen-bond donors (Lipinski definition) is 0. The normalized spacial score (nSPS) is 10.4. The van der Waals surface area contributed by atoms with Gasteiger partial charge in [0.1, 0.15) is 0 Å². The lowest BCUT2D eigenvalue weighted by atomic mass is 10.1. The monoisotopic (exact) mass is 277 g/mol. The number of rotatable bonds is 6. The number of nitrogens with zero attached hydrogens (tertiary/aromatic N) is 1. The molecule has 0 N–H and O–H groups in total. The lowest BCUT2D eigenvalue weighted by Gasteiger charge is -2.21. The zero-order valence-electron chi connectivity index (χ0n) is 9.96. The van der Waals surface area contributed by atoms with Gasteiger partial charge in [0.15, 0.2) is 11.6 Å². The van der Waals surface area contributed by atoms with Crippen molar-refractivity contribution in [2.75, 3.05) is 32.7 Å². The van der Waals surface area contributed by atoms with E-state index in [9.17, 15) is 13.6 Å². The average Bonchev–Trinajstić information content (AvgIpc) is 2.37. The molecule has 0 unspecified atom stereocenters. The Hall–Kier alpha value is -1.20. The van der Waals surface area contributed by atoms with Crippen molar-refractivity contribution in [3.63, 3.8) is 0 Å². The predicted octanol–water partition coefficient (Wildman–Crippen LogP) is 2.29. The van der Waals surface area contributed by atoms with Crippen molar-refractivity contribution in [3.8, 4) is 0 Å². The van der Waals surface area contributed by atoms with Gasteiger partial charge in [-0.1, -0.05) is 6.07 Å². The summed E-state index contributed by atoms with van der Waals surface area (Å²) < 4.78 is 31.4. The molecule has 0 saturated heterocycles. The molecule has 0 aliphatic carbocycles. The maximum absolute atomic E-state index is 13.5. The van der Waals surface area contributed by atoms with Crippen molar-refractivity contribution in [1.82, 2.24) is 4.90 Å². The van der Waals surface area contributed by atoms with Crippen molar-refractivity contribution < 1.29 is 18.3 Å². The number of methoxy groups -OCH3 is 1. The van der Waals surface area contributed by atoms with Gasteiger partial charge >= 0.3 is 0 Å². The van der Waals surface area contributed by atoms with Gasteiger partial charge in [0.05, 0.1) is 12.2 Å². The molecule has 1 aromatic carbocycles. The second-order valence-corrected chi connectivity index (χ2v) is 3.95. The van der Waals surface area contributed by atoms with E-state index in [1.165, 1.54) is 24.1 Å². The highest BCUT2D eigenvalue weighted by Gasteiger charge is 2.20. The van der Waals surface area contributed by atoms with Gasteiger partial charge in [-0.15, -0.1) is 11.6 Å². The molecule has 0 aromatic heterocycles. The standard InChI is InChI=1S/C12H14ClF2NO2/c1-18-8-7-16(6-5-13)12(17)9-3-2-4-10(14)11(9)15/h2-4H,5-8H2,1H3. The topological polar surface area (TPSA) is 29.5 Å². The third-order valence-electron chi connectivity index (χ3n) is 2.39. The van der Waals surface area contributed by atoms with Crippen LogP contribution in [0.1, 0.15) is 10.4 Å². The number of benzene rings is 1. The first-order valence-corrected chi connectivity index (χ1v) is 5.93. The van der Waals surface area contributed by atoms with Gasteiger partial charge in [0.25, 0.3) is 5.91 Å². The Morgan fingerprint density at radius 3 is 2.72 bits per heavy atom. The number of carbonyl (C=O) groups excluding carboxylic acids is 1. The fourth-order valence-electron chi connectivity index (χ4n) is 1.46. The molecule has 18 heavy (non-hydrogen) atoms. The zero-order valence-corrected chi connectivity index (χ0v) is 10.7. The van der Waals surface area contributed by atoms with E-state index in [-0.39, 0.29) is 24.5 Å². The summed E-state index contributed by atoms with van der Waals surface area (Å²) in [6, 6.07) is 3.50. The Bertz CT molecular complexity index is 415. The first-order chi connectivity index (χ1) is 8.61. The van der Waals surface area contributed by atoms with E-state index < -0.39 is 17.5 Å². The SMILES string of the molecule is COCCN(CCCl)C(=O)c1cccc(F)c1F. The van der Waals surface area contributed by atoms with Crippen molar-refractivity contribution >= 4 is 17.5 Å². The van der Waals surface area contributed by atoms with Crippen LogP contribution in [0.15, 0.2) is 18.2 Å². The Morgan fingerprint density at radius 1 is 1.39 bits per heavy atom. The van der Waals surface area contributed by atoms with E-state index in [0.717, 1.165) is 6.07 Å². The van der Waals surface area contributed by atoms with E-state index in [4.69, 9.17) is 16.3 Å². The number of halogens is 3. The Labute approximate surface area is 109 Å². The van der Waals surface area contributed by atoms with Gasteiger partial charge in [-0.05, 0) is 12.1 Å². The highest BCUT2D eigenvalue weighted by molar-refractivity contribution is 6.18. The minimum absolute atomic E-state index is 0.215. The molecule has 0 spiro atoms. The molecule has 0 aliphatic heterocycles. The number of alkyl halides is 1. The van der Waals surface area contributed by atoms with Crippen molar-refractivity contribution in [1.29, 1.82) is 0 Å². The van der Waals surface area contributed by atoms with Crippen LogP contribution in [-0.4, -0.2) is 43.5 Å². The molecule has 1 rings (SSSR count). The highest BCUT2D eigenvalue weighted by atomic mass is 35.5. The summed E-state index contributed by atoms with van der Waals surface area (Å²) in [4.78, 5) is 13.3. The first kappa shape index (κ1) is 14.9. The van der Waals surface area contributed by atoms with Gasteiger partial charge in [-0.2, -0.15) is 0 Å². The fraction of sp³-hybridized carbons (Fsp3) is 0.417. The smallest absolute Gasteiger partial charge is 0.257 e. The minimum atomic E-state index is -1.14. The summed E-state index contributed by atoms with van der Waals surface area (Å²) in [6.45, 7) is 0.831. The van der Waals surface area contributed by atoms with Crippen LogP contribution in [0.2, 0.25) is 0 Å². The summed E-state index contributed by atoms with van der Waals surface area (Å²) in [7, 11) is 1.49. The largest absolute Gasteiger partial charge is 0.383 e. The molecule has 6 heteroatoms. The van der Waals surface area contributed by atoms with E-state index in [0.29, 0.717) is 6.61 Å². The van der Waals surface area contributed by atoms with E-state index in [1.807, 2.05) is 0 Å². The molecule has 0 fully saturated rings. The van der Waals surface area contributed by atoms with Crippen molar-refractivity contribution in [2.45, 2.75) is 0 Å². The molecule has 1 amide bonds. The molecule has 0 saturated carbocycles. The average molecular weight is 278 g/mol.